The number of hydrogen-bond acceptors (Lipinski definition) is 5. The Hall–Kier alpha value is -1.99. The lowest BCUT2D eigenvalue weighted by atomic mass is 9.86. The van der Waals surface area contributed by atoms with Crippen molar-refractivity contribution in [3.63, 3.8) is 0 Å². The number of likely N-dealkylation sites (tertiary alicyclic amines) is 1. The van der Waals surface area contributed by atoms with E-state index in [9.17, 15) is 9.90 Å². The molecule has 6 heteroatoms. The van der Waals surface area contributed by atoms with Crippen molar-refractivity contribution in [2.75, 3.05) is 20.1 Å². The van der Waals surface area contributed by atoms with Crippen LogP contribution in [0.1, 0.15) is 53.3 Å². The van der Waals surface area contributed by atoms with E-state index in [1.165, 1.54) is 60.6 Å². The number of carbonyl (C=O) groups excluding carboxylic acids is 1. The van der Waals surface area contributed by atoms with Gasteiger partial charge in [-0.25, -0.2) is 4.79 Å². The van der Waals surface area contributed by atoms with Crippen LogP contribution in [0.4, 0.5) is 0 Å². The van der Waals surface area contributed by atoms with Crippen LogP contribution < -0.4 is 0 Å². The van der Waals surface area contributed by atoms with Crippen molar-refractivity contribution >= 4 is 28.6 Å². The van der Waals surface area contributed by atoms with Crippen LogP contribution in [0, 0.1) is 11.8 Å². The summed E-state index contributed by atoms with van der Waals surface area (Å²) >= 11 is 2.81. The van der Waals surface area contributed by atoms with Crippen molar-refractivity contribution < 1.29 is 19.1 Å². The van der Waals surface area contributed by atoms with Gasteiger partial charge in [-0.15, -0.1) is 22.7 Å². The minimum absolute atomic E-state index is 0.0977. The van der Waals surface area contributed by atoms with Gasteiger partial charge in [-0.1, -0.05) is 42.5 Å². The van der Waals surface area contributed by atoms with Crippen molar-refractivity contribution in [1.82, 2.24) is 0 Å². The van der Waals surface area contributed by atoms with Crippen molar-refractivity contribution in [2.24, 2.45) is 11.8 Å². The lowest BCUT2D eigenvalue weighted by Gasteiger charge is -2.47. The molecule has 0 radical (unpaired) electrons. The molecule has 1 N–H and O–H groups in total. The fraction of sp³-hybridized carbons (Fsp3) is 0.483. The van der Waals surface area contributed by atoms with E-state index in [1.54, 1.807) is 0 Å². The van der Waals surface area contributed by atoms with E-state index in [4.69, 9.17) is 4.74 Å². The van der Waals surface area contributed by atoms with E-state index in [1.807, 2.05) is 35.0 Å². The minimum atomic E-state index is -1.72. The lowest BCUT2D eigenvalue weighted by molar-refractivity contribution is -0.942. The highest BCUT2D eigenvalue weighted by molar-refractivity contribution is 7.12. The van der Waals surface area contributed by atoms with E-state index in [0.717, 1.165) is 17.3 Å². The van der Waals surface area contributed by atoms with E-state index in [0.29, 0.717) is 33.5 Å². The second-order valence-electron chi connectivity index (χ2n) is 10.9. The third-order valence-electron chi connectivity index (χ3n) is 9.08. The standard InChI is InChI=1S/C29H34NO3S2/c1-30(15-13-21(14-16-30)20-7-3-2-4-8-20)27-22-11-12-23(27)24(19-22)33-28(31)29(32,25-9-5-17-34-25)26-10-6-18-35-26/h2-10,17-18,21-24,27,32H,11-16,19H2,1H3/q+1/t21?,22-,23+,24+,27?,30?/m0/s1. The van der Waals surface area contributed by atoms with Crippen LogP contribution in [0.25, 0.3) is 0 Å². The van der Waals surface area contributed by atoms with Crippen LogP contribution in [-0.4, -0.2) is 47.8 Å². The maximum absolute atomic E-state index is 13.6. The van der Waals surface area contributed by atoms with Gasteiger partial charge in [0.25, 0.3) is 0 Å². The highest BCUT2D eigenvalue weighted by atomic mass is 32.1. The minimum Gasteiger partial charge on any atom is -0.459 e. The zero-order valence-corrected chi connectivity index (χ0v) is 21.8. The average Bonchev–Trinajstić information content (AvgIpc) is 3.69. The zero-order valence-electron chi connectivity index (χ0n) is 20.2. The van der Waals surface area contributed by atoms with Gasteiger partial charge in [-0.3, -0.25) is 0 Å². The summed E-state index contributed by atoms with van der Waals surface area (Å²) in [7, 11) is 2.44. The monoisotopic (exact) mass is 508 g/mol. The number of carbonyl (C=O) groups is 1. The molecule has 4 nitrogen and oxygen atoms in total. The number of aliphatic hydroxyl groups is 1. The summed E-state index contributed by atoms with van der Waals surface area (Å²) in [4.78, 5) is 14.9. The molecule has 3 aliphatic rings. The Morgan fingerprint density at radius 3 is 2.20 bits per heavy atom. The molecule has 4 atom stereocenters. The third kappa shape index (κ3) is 3.99. The first-order valence-electron chi connectivity index (χ1n) is 12.9. The second kappa shape index (κ2) is 9.15. The quantitative estimate of drug-likeness (QED) is 0.339. The fourth-order valence-corrected chi connectivity index (χ4v) is 9.08. The number of quaternary nitrogens is 1. The molecule has 3 fully saturated rings. The second-order valence-corrected chi connectivity index (χ2v) is 12.8. The molecule has 2 aromatic heterocycles. The highest BCUT2D eigenvalue weighted by Crippen LogP contribution is 2.52. The fourth-order valence-electron chi connectivity index (χ4n) is 7.37. The number of thiophene rings is 2. The number of nitrogens with zero attached hydrogens (tertiary/aromatic N) is 1. The van der Waals surface area contributed by atoms with Crippen LogP contribution in [-0.2, 0) is 15.1 Å². The van der Waals surface area contributed by atoms with Gasteiger partial charge in [0.2, 0.25) is 5.60 Å². The Labute approximate surface area is 215 Å². The molecular formula is C29H34NO3S2+. The molecule has 184 valence electrons. The molecule has 1 saturated heterocycles. The molecule has 0 amide bonds. The number of ether oxygens (including phenoxy) is 1. The summed E-state index contributed by atoms with van der Waals surface area (Å²) in [6.07, 6.45) is 5.63. The average molecular weight is 509 g/mol. The molecule has 1 aliphatic heterocycles. The van der Waals surface area contributed by atoms with Crippen LogP contribution >= 0.6 is 22.7 Å². The molecule has 2 saturated carbocycles. The SMILES string of the molecule is C[N+]1(C2[C@H]3CC[C@@H]2[C@H](OC(=O)C(O)(c2cccs2)c2cccs2)C3)CCC(c2ccccc2)CC1. The summed E-state index contributed by atoms with van der Waals surface area (Å²) in [6, 6.07) is 18.9. The highest BCUT2D eigenvalue weighted by Gasteiger charge is 2.59. The van der Waals surface area contributed by atoms with Crippen LogP contribution in [0.3, 0.4) is 0 Å². The molecule has 2 aliphatic carbocycles. The predicted molar refractivity (Wildman–Crippen MR) is 140 cm³/mol. The third-order valence-corrected chi connectivity index (χ3v) is 11.0. The number of hydrogen-bond donors (Lipinski definition) is 1. The summed E-state index contributed by atoms with van der Waals surface area (Å²) in [5, 5.41) is 15.5. The van der Waals surface area contributed by atoms with Gasteiger partial charge in [0.15, 0.2) is 0 Å². The number of rotatable bonds is 6. The number of piperidine rings is 1. The Morgan fingerprint density at radius 2 is 1.60 bits per heavy atom. The molecule has 6 rings (SSSR count). The van der Waals surface area contributed by atoms with Gasteiger partial charge in [0, 0.05) is 24.7 Å². The summed E-state index contributed by atoms with van der Waals surface area (Å²) in [5.74, 6) is 1.14. The Bertz CT molecular complexity index is 1100. The molecule has 1 unspecified atom stereocenters. The van der Waals surface area contributed by atoms with E-state index < -0.39 is 11.6 Å². The molecule has 35 heavy (non-hydrogen) atoms. The summed E-state index contributed by atoms with van der Waals surface area (Å²) in [6.45, 7) is 2.37. The van der Waals surface area contributed by atoms with Crippen molar-refractivity contribution in [3.8, 4) is 0 Å². The van der Waals surface area contributed by atoms with Crippen LogP contribution in [0.2, 0.25) is 0 Å². The topological polar surface area (TPSA) is 46.5 Å². The van der Waals surface area contributed by atoms with E-state index in [2.05, 4.69) is 37.4 Å². The maximum atomic E-state index is 13.6. The number of benzene rings is 1. The van der Waals surface area contributed by atoms with Crippen molar-refractivity contribution in [2.45, 2.75) is 55.8 Å². The van der Waals surface area contributed by atoms with E-state index >= 15 is 0 Å². The maximum Gasteiger partial charge on any atom is 0.349 e. The van der Waals surface area contributed by atoms with Gasteiger partial charge >= 0.3 is 5.97 Å². The van der Waals surface area contributed by atoms with E-state index in [-0.39, 0.29) is 6.10 Å². The first-order chi connectivity index (χ1) is 17.0. The molecule has 3 heterocycles. The van der Waals surface area contributed by atoms with Crippen LogP contribution in [0.15, 0.2) is 65.4 Å². The Balaban J connectivity index is 1.18. The first kappa shape index (κ1) is 23.4. The number of esters is 1. The molecular weight excluding hydrogens is 474 g/mol. The van der Waals surface area contributed by atoms with Crippen LogP contribution in [0.5, 0.6) is 0 Å². The van der Waals surface area contributed by atoms with Crippen molar-refractivity contribution in [3.05, 3.63) is 80.7 Å². The molecule has 1 aromatic carbocycles. The summed E-state index contributed by atoms with van der Waals surface area (Å²) < 4.78 is 7.33. The van der Waals surface area contributed by atoms with Gasteiger partial charge < -0.3 is 14.3 Å². The predicted octanol–water partition coefficient (Wildman–Crippen LogP) is 5.78. The lowest BCUT2D eigenvalue weighted by Crippen LogP contribution is -2.58. The van der Waals surface area contributed by atoms with Gasteiger partial charge in [0.1, 0.15) is 6.10 Å². The Morgan fingerprint density at radius 1 is 0.943 bits per heavy atom. The number of fused-ring (bicyclic) bond motifs is 2. The normalized spacial score (nSPS) is 32.6. The van der Waals surface area contributed by atoms with Crippen molar-refractivity contribution in [1.29, 1.82) is 0 Å². The van der Waals surface area contributed by atoms with Gasteiger partial charge in [-0.05, 0) is 53.6 Å². The van der Waals surface area contributed by atoms with Gasteiger partial charge in [-0.2, -0.15) is 0 Å². The molecule has 2 bridgehead atoms. The largest absolute Gasteiger partial charge is 0.459 e. The smallest absolute Gasteiger partial charge is 0.349 e. The molecule has 0 spiro atoms. The molecule has 3 aromatic rings. The first-order valence-corrected chi connectivity index (χ1v) is 14.7. The zero-order chi connectivity index (χ0) is 24.0. The summed E-state index contributed by atoms with van der Waals surface area (Å²) in [5.41, 5.74) is -0.243. The van der Waals surface area contributed by atoms with Gasteiger partial charge in [0.05, 0.1) is 35.9 Å². The Kier molecular flexibility index (Phi) is 6.12.